The van der Waals surface area contributed by atoms with Crippen molar-refractivity contribution in [3.05, 3.63) is 439 Å². The van der Waals surface area contributed by atoms with E-state index in [1.165, 1.54) is 215 Å². The Bertz CT molecular complexity index is 7560. The van der Waals surface area contributed by atoms with Crippen molar-refractivity contribution in [2.75, 3.05) is 7.11 Å². The highest BCUT2D eigenvalue weighted by Gasteiger charge is 2.19. The molecule has 0 aliphatic heterocycles. The summed E-state index contributed by atoms with van der Waals surface area (Å²) >= 11 is 14.2. The molecule has 24 rings (SSSR count). The van der Waals surface area contributed by atoms with Gasteiger partial charge in [0, 0.05) is 102 Å². The second-order valence-electron chi connectivity index (χ2n) is 31.4. The summed E-state index contributed by atoms with van der Waals surface area (Å²) in [5, 5.41) is 17.4. The summed E-state index contributed by atoms with van der Waals surface area (Å²) in [5.74, 6) is 0.729. The highest BCUT2D eigenvalue weighted by molar-refractivity contribution is 7.27. The molecule has 0 spiro atoms. The van der Waals surface area contributed by atoms with Crippen molar-refractivity contribution in [2.45, 2.75) is 48.5 Å². The van der Waals surface area contributed by atoms with Crippen molar-refractivity contribution in [3.63, 3.8) is 0 Å². The molecule has 11 heterocycles. The van der Waals surface area contributed by atoms with E-state index in [-0.39, 0.29) is 5.97 Å². The van der Waals surface area contributed by atoms with E-state index >= 15 is 0 Å². The van der Waals surface area contributed by atoms with Gasteiger partial charge in [-0.05, 0) is 288 Å². The lowest BCUT2D eigenvalue weighted by molar-refractivity contribution is 0.0606. The number of carbonyl (C=O) groups is 1. The molecule has 24 aromatic rings. The lowest BCUT2D eigenvalue weighted by Gasteiger charge is -2.14. The van der Waals surface area contributed by atoms with Crippen molar-refractivity contribution >= 4 is 181 Å². The molecule has 626 valence electrons. The number of furan rings is 1. The van der Waals surface area contributed by atoms with Crippen LogP contribution < -0.4 is 0 Å². The van der Waals surface area contributed by atoms with Gasteiger partial charge in [0.05, 0.1) is 29.2 Å². The van der Waals surface area contributed by atoms with Crippen molar-refractivity contribution < 1.29 is 13.9 Å². The van der Waals surface area contributed by atoms with E-state index < -0.39 is 0 Å². The van der Waals surface area contributed by atoms with Crippen molar-refractivity contribution in [3.8, 4) is 87.2 Å². The fourth-order valence-electron chi connectivity index (χ4n) is 16.2. The van der Waals surface area contributed by atoms with Gasteiger partial charge in [-0.3, -0.25) is 0 Å². The molecular weight excluding hydrogens is 1710 g/mol. The first kappa shape index (κ1) is 85.6. The SMILES string of the molecule is COC(=O)c1cc2c(C)scc2s1.Cc1cc2ccccc2o1.Cc1cc2ccccc2s1.Cc1cc2sccc2s1.Cc1ccc(-c2cc(-c3cccs3)cc(-c3cccs3)c2)s1.Cc1ccc2c(c1)c1ccccc1n2-c1cc(-c2ccccc2)cc(-c2ccccc2)c1.Cc1ccc2c3ccccc3n(-c3cc(-c4ccccc4)cc(-c4ccccc4)c3)c2c1. The van der Waals surface area contributed by atoms with Crippen LogP contribution in [0.3, 0.4) is 0 Å². The third-order valence-electron chi connectivity index (χ3n) is 22.2. The van der Waals surface area contributed by atoms with Crippen LogP contribution in [0.4, 0.5) is 0 Å². The zero-order chi connectivity index (χ0) is 87.6. The van der Waals surface area contributed by atoms with Crippen LogP contribution in [0.25, 0.3) is 171 Å². The van der Waals surface area contributed by atoms with Gasteiger partial charge in [-0.15, -0.1) is 90.7 Å². The lowest BCUT2D eigenvalue weighted by atomic mass is 9.98. The maximum atomic E-state index is 11.2. The number of aryl methyl sites for hydroxylation is 7. The molecule has 0 N–H and O–H groups in total. The largest absolute Gasteiger partial charge is 0.465 e. The van der Waals surface area contributed by atoms with Crippen LogP contribution in [0.2, 0.25) is 0 Å². The molecule has 13 heteroatoms. The van der Waals surface area contributed by atoms with E-state index in [1.807, 2.05) is 88.7 Å². The average Bonchev–Trinajstić information content (AvgIpc) is 1.59. The number of aromatic nitrogens is 2. The average molecular weight is 1800 g/mol. The first-order chi connectivity index (χ1) is 62.6. The van der Waals surface area contributed by atoms with Crippen molar-refractivity contribution in [1.29, 1.82) is 0 Å². The third-order valence-corrected chi connectivity index (χ3v) is 30.3. The van der Waals surface area contributed by atoms with Crippen molar-refractivity contribution in [2.24, 2.45) is 0 Å². The van der Waals surface area contributed by atoms with E-state index in [2.05, 4.69) is 417 Å². The molecule has 0 radical (unpaired) electrons. The summed E-state index contributed by atoms with van der Waals surface area (Å²) in [7, 11) is 1.40. The van der Waals surface area contributed by atoms with E-state index in [4.69, 9.17) is 4.42 Å². The molecule has 0 aliphatic carbocycles. The monoisotopic (exact) mass is 1800 g/mol. The normalized spacial score (nSPS) is 11.0. The number of benzene rings is 13. The highest BCUT2D eigenvalue weighted by Crippen LogP contribution is 2.43. The first-order valence-corrected chi connectivity index (χ1v) is 49.2. The Balaban J connectivity index is 0.000000107. The number of thiophene rings is 8. The van der Waals surface area contributed by atoms with Gasteiger partial charge in [-0.25, -0.2) is 4.79 Å². The van der Waals surface area contributed by atoms with Gasteiger partial charge in [0.15, 0.2) is 0 Å². The van der Waals surface area contributed by atoms with Gasteiger partial charge < -0.3 is 18.3 Å². The Morgan fingerprint density at radius 3 is 1.29 bits per heavy atom. The van der Waals surface area contributed by atoms with E-state index in [1.54, 1.807) is 34.0 Å². The molecule has 5 nitrogen and oxygen atoms in total. The van der Waals surface area contributed by atoms with Gasteiger partial charge in [0.2, 0.25) is 0 Å². The standard InChI is InChI=1S/2C31H23N.C19H14S3.C9H8O2S2.C9H8O.C9H8S.C7H6S2/c1-22-16-17-31-29(18-22)28-14-8-9-15-30(28)32(31)27-20-25(23-10-4-2-5-11-23)19-26(21-27)24-12-6-3-7-13-24;1-22-16-17-29-28-14-8-9-15-30(28)32(31(29)18-22)27-20-25(23-10-4-2-5-11-23)19-26(21-27)24-12-6-3-7-13-24;1-13-6-7-19(22-13)16-11-14(17-4-2-8-20-17)10-15(12-16)18-5-3-9-21-18;1-5-6-3-7(9(10)11-2)13-8(6)4-12-5;2*1-7-6-8-4-2-3-5-9(8)10-7;1-5-4-7-6(9-5)2-3-8-7/h2*2-21H,1H3;2-12H,1H3;3-4H,1-2H3;2*2-6H,1H3;2-4H,1H3. The summed E-state index contributed by atoms with van der Waals surface area (Å²) in [6.45, 7) is 14.8. The van der Waals surface area contributed by atoms with Crippen molar-refractivity contribution in [1.82, 2.24) is 9.13 Å². The summed E-state index contributed by atoms with van der Waals surface area (Å²) in [6, 6.07) is 134. The number of para-hydroxylation sites is 3. The number of ether oxygens (including phenoxy) is 1. The fourth-order valence-corrected chi connectivity index (χ4v) is 23.5. The van der Waals surface area contributed by atoms with Gasteiger partial charge >= 0.3 is 5.97 Å². The van der Waals surface area contributed by atoms with E-state index in [0.717, 1.165) is 11.3 Å². The number of hydrogen-bond donors (Lipinski definition) is 0. The number of fused-ring (bicyclic) bond motifs is 10. The summed E-state index contributed by atoms with van der Waals surface area (Å²) in [4.78, 5) is 21.3. The molecule has 128 heavy (non-hydrogen) atoms. The van der Waals surface area contributed by atoms with Crippen LogP contribution in [-0.2, 0) is 4.74 Å². The molecule has 0 fully saturated rings. The van der Waals surface area contributed by atoms with E-state index in [0.29, 0.717) is 4.88 Å². The number of nitrogens with zero attached hydrogens (tertiary/aromatic N) is 2. The maximum Gasteiger partial charge on any atom is 0.348 e. The predicted octanol–water partition coefficient (Wildman–Crippen LogP) is 36.3. The minimum atomic E-state index is -0.245. The molecule has 0 saturated heterocycles. The number of methoxy groups -OCH3 is 1. The Morgan fingerprint density at radius 2 is 0.758 bits per heavy atom. The number of hydrogen-bond acceptors (Lipinski definition) is 11. The minimum Gasteiger partial charge on any atom is -0.465 e. The second kappa shape index (κ2) is 39.4. The van der Waals surface area contributed by atoms with Crippen LogP contribution in [-0.4, -0.2) is 22.2 Å². The zero-order valence-electron chi connectivity index (χ0n) is 72.0. The van der Waals surface area contributed by atoms with Crippen LogP contribution in [0.5, 0.6) is 0 Å². The van der Waals surface area contributed by atoms with Gasteiger partial charge in [0.1, 0.15) is 16.2 Å². The Morgan fingerprint density at radius 1 is 0.281 bits per heavy atom. The van der Waals surface area contributed by atoms with Crippen LogP contribution in [0.1, 0.15) is 46.1 Å². The third kappa shape index (κ3) is 19.5. The maximum absolute atomic E-state index is 11.2. The molecule has 11 aromatic heterocycles. The fraction of sp³-hybridized carbons (Fsp3) is 0.0696. The highest BCUT2D eigenvalue weighted by atomic mass is 32.1. The van der Waals surface area contributed by atoms with Gasteiger partial charge in [-0.1, -0.05) is 230 Å². The molecular formula is C115H90N2O3S8. The quantitative estimate of drug-likeness (QED) is 0.128. The number of esters is 1. The molecule has 0 aliphatic rings. The second-order valence-corrected chi connectivity index (χ2v) is 40.3. The first-order valence-electron chi connectivity index (χ1n) is 42.4. The molecule has 0 saturated carbocycles. The zero-order valence-corrected chi connectivity index (χ0v) is 78.5. The Hall–Kier alpha value is -13.2. The molecule has 13 aromatic carbocycles. The van der Waals surface area contributed by atoms with Crippen LogP contribution >= 0.6 is 90.7 Å². The summed E-state index contributed by atoms with van der Waals surface area (Å²) < 4.78 is 20.3. The Kier molecular flexibility index (Phi) is 26.4. The van der Waals surface area contributed by atoms with E-state index in [9.17, 15) is 4.79 Å². The molecule has 0 bridgehead atoms. The molecule has 0 atom stereocenters. The Labute approximate surface area is 778 Å². The summed E-state index contributed by atoms with van der Waals surface area (Å²) in [6.07, 6.45) is 0. The van der Waals surface area contributed by atoms with Crippen LogP contribution in [0, 0.1) is 48.5 Å². The van der Waals surface area contributed by atoms with Gasteiger partial charge in [0.25, 0.3) is 0 Å². The minimum absolute atomic E-state index is 0.245. The molecule has 0 amide bonds. The topological polar surface area (TPSA) is 49.3 Å². The predicted molar refractivity (Wildman–Crippen MR) is 562 cm³/mol. The van der Waals surface area contributed by atoms with Crippen LogP contribution in [0.15, 0.2) is 402 Å². The number of rotatable bonds is 10. The smallest absolute Gasteiger partial charge is 0.348 e. The molecule has 0 unspecified atom stereocenters. The van der Waals surface area contributed by atoms with Gasteiger partial charge in [-0.2, -0.15) is 0 Å². The summed E-state index contributed by atoms with van der Waals surface area (Å²) in [5.41, 5.74) is 24.6. The lowest BCUT2D eigenvalue weighted by Crippen LogP contribution is -1.96. The number of carbonyl (C=O) groups excluding carboxylic acids is 1.